The van der Waals surface area contributed by atoms with Crippen molar-refractivity contribution in [3.8, 4) is 33.6 Å². The van der Waals surface area contributed by atoms with Gasteiger partial charge in [0.25, 0.3) is 0 Å². The van der Waals surface area contributed by atoms with E-state index >= 15 is 0 Å². The predicted molar refractivity (Wildman–Crippen MR) is 216 cm³/mol. The molecule has 0 amide bonds. The predicted octanol–water partition coefficient (Wildman–Crippen LogP) is 12.0. The first-order chi connectivity index (χ1) is 25.1. The molecule has 3 aromatic heterocycles. The topological polar surface area (TPSA) is 25.8 Å². The van der Waals surface area contributed by atoms with Crippen molar-refractivity contribution in [1.29, 1.82) is 0 Å². The molecule has 0 N–H and O–H groups in total. The standard InChI is InChI=1S/C32H28NS.C14H16GeN.Ir/c1-2-5-23(6-3-1)25-13-14-27-28-7-4-8-29(32(28)34-31(27)20-25)30-19-22(15-16-33-30)18-26-17-21-9-11-24(26)12-10-21;1-15(2,3)13-9-10-14(16-11-13)12-7-5-4-6-8-12;/h1-7,13-16,19-21,24,26H,9-12,17-18H2;4-7,9-11H,1-3H3;/q2*-1;/i18D2;;. The number of nitrogens with zero attached hydrogens (tertiary/aromatic N) is 2. The molecule has 1 unspecified atom stereocenters. The summed E-state index contributed by atoms with van der Waals surface area (Å²) in [6, 6.07) is 44.1. The molecule has 10 rings (SSSR count). The number of fused-ring (bicyclic) bond motifs is 6. The quantitative estimate of drug-likeness (QED) is 0.123. The van der Waals surface area contributed by atoms with Crippen molar-refractivity contribution in [3.63, 3.8) is 0 Å². The first-order valence-corrected chi connectivity index (χ1v) is 26.1. The van der Waals surface area contributed by atoms with Gasteiger partial charge in [-0.25, -0.2) is 0 Å². The Morgan fingerprint density at radius 3 is 2.29 bits per heavy atom. The van der Waals surface area contributed by atoms with E-state index in [-0.39, 0.29) is 26.0 Å². The van der Waals surface area contributed by atoms with Crippen molar-refractivity contribution in [3.05, 3.63) is 139 Å². The summed E-state index contributed by atoms with van der Waals surface area (Å²) < 4.78 is 22.2. The van der Waals surface area contributed by atoms with Crippen LogP contribution in [0.4, 0.5) is 0 Å². The molecular weight excluding hydrogens is 877 g/mol. The third-order valence-corrected chi connectivity index (χ3v) is 16.0. The molecule has 3 fully saturated rings. The van der Waals surface area contributed by atoms with Crippen molar-refractivity contribution in [2.24, 2.45) is 17.8 Å². The van der Waals surface area contributed by atoms with Crippen LogP contribution >= 0.6 is 11.3 Å². The third kappa shape index (κ3) is 8.00. The summed E-state index contributed by atoms with van der Waals surface area (Å²) in [5.41, 5.74) is 7.07. The van der Waals surface area contributed by atoms with Crippen LogP contribution < -0.4 is 4.40 Å². The number of pyridine rings is 2. The van der Waals surface area contributed by atoms with Gasteiger partial charge in [0.15, 0.2) is 0 Å². The van der Waals surface area contributed by atoms with Crippen LogP contribution in [-0.2, 0) is 26.5 Å². The second kappa shape index (κ2) is 15.7. The molecule has 2 nitrogen and oxygen atoms in total. The molecule has 3 saturated carbocycles. The van der Waals surface area contributed by atoms with Gasteiger partial charge < -0.3 is 4.98 Å². The molecule has 3 aliphatic rings. The molecule has 259 valence electrons. The van der Waals surface area contributed by atoms with Gasteiger partial charge in [-0.1, -0.05) is 72.3 Å². The number of thiophene rings is 1. The summed E-state index contributed by atoms with van der Waals surface area (Å²) >= 11 is 0.0623. The zero-order chi connectivity index (χ0) is 35.9. The van der Waals surface area contributed by atoms with Gasteiger partial charge in [-0.15, -0.1) is 23.8 Å². The van der Waals surface area contributed by atoms with Gasteiger partial charge in [0.2, 0.25) is 0 Å². The minimum Gasteiger partial charge on any atom is 0 e. The summed E-state index contributed by atoms with van der Waals surface area (Å²) in [6.07, 6.45) is 8.46. The van der Waals surface area contributed by atoms with Crippen molar-refractivity contribution >= 4 is 49.2 Å². The molecule has 5 heteroatoms. The second-order valence-electron chi connectivity index (χ2n) is 14.9. The van der Waals surface area contributed by atoms with Crippen LogP contribution in [0.5, 0.6) is 0 Å². The summed E-state index contributed by atoms with van der Waals surface area (Å²) in [5.74, 6) is 8.47. The molecule has 1 atom stereocenters. The monoisotopic (exact) mass is 925 g/mol. The van der Waals surface area contributed by atoms with E-state index in [4.69, 9.17) is 7.73 Å². The van der Waals surface area contributed by atoms with Crippen molar-refractivity contribution in [2.45, 2.75) is 55.7 Å². The fourth-order valence-electron chi connectivity index (χ4n) is 7.72. The Balaban J connectivity index is 0.000000216. The Kier molecular flexibility index (Phi) is 10.3. The molecular formula is C46H44GeIrN2S-2. The van der Waals surface area contributed by atoms with Gasteiger partial charge in [-0.2, -0.15) is 11.3 Å². The fourth-order valence-corrected chi connectivity index (χ4v) is 11.1. The SMILES string of the molecule is [2H]C([2H])(c1ccnc(-c2[c-]ccc3c2sc2cc(-c4ccccc4)ccc23)c1)C1CC2CCC1CC2.[CH3][Ge]([CH3])([CH3])[c]1ccc(-c2[c-]cccc2)nc1.[Ir]. The molecule has 3 heterocycles. The second-order valence-corrected chi connectivity index (χ2v) is 26.6. The van der Waals surface area contributed by atoms with Gasteiger partial charge in [0.1, 0.15) is 0 Å². The van der Waals surface area contributed by atoms with E-state index in [9.17, 15) is 0 Å². The molecule has 0 aliphatic heterocycles. The first kappa shape index (κ1) is 33.4. The summed E-state index contributed by atoms with van der Waals surface area (Å²) in [6.45, 7) is 0. The molecule has 0 spiro atoms. The Hall–Kier alpha value is -3.41. The fraction of sp³-hybridized carbons (Fsp3) is 0.261. The summed E-state index contributed by atoms with van der Waals surface area (Å²) in [4.78, 5) is 9.24. The van der Waals surface area contributed by atoms with Crippen molar-refractivity contribution < 1.29 is 22.8 Å². The van der Waals surface area contributed by atoms with E-state index in [1.54, 1.807) is 17.5 Å². The van der Waals surface area contributed by atoms with E-state index in [0.29, 0.717) is 11.8 Å². The Bertz CT molecular complexity index is 2310. The number of hydrogen-bond donors (Lipinski definition) is 0. The molecule has 3 aliphatic carbocycles. The van der Waals surface area contributed by atoms with Gasteiger partial charge in [0.05, 0.1) is 0 Å². The van der Waals surface area contributed by atoms with Gasteiger partial charge in [0, 0.05) is 33.7 Å². The van der Waals surface area contributed by atoms with Crippen LogP contribution in [0.2, 0.25) is 17.3 Å². The number of hydrogen-bond acceptors (Lipinski definition) is 3. The van der Waals surface area contributed by atoms with Gasteiger partial charge >= 0.3 is 99.8 Å². The number of benzene rings is 4. The van der Waals surface area contributed by atoms with Gasteiger partial charge in [-0.3, -0.25) is 0 Å². The Morgan fingerprint density at radius 1 is 0.765 bits per heavy atom. The molecule has 1 radical (unpaired) electrons. The molecule has 7 aromatic rings. The maximum absolute atomic E-state index is 9.16. The smallest absolute Gasteiger partial charge is 0 e. The minimum absolute atomic E-state index is 0. The molecule has 4 aromatic carbocycles. The van der Waals surface area contributed by atoms with E-state index < -0.39 is 19.6 Å². The van der Waals surface area contributed by atoms with E-state index in [1.165, 1.54) is 61.4 Å². The summed E-state index contributed by atoms with van der Waals surface area (Å²) in [7, 11) is 0. The normalized spacial score (nSPS) is 19.1. The zero-order valence-electron chi connectivity index (χ0n) is 31.5. The maximum atomic E-state index is 9.16. The van der Waals surface area contributed by atoms with Gasteiger partial charge in [-0.05, 0) is 82.4 Å². The van der Waals surface area contributed by atoms with Crippen LogP contribution in [-0.4, -0.2) is 23.2 Å². The van der Waals surface area contributed by atoms with E-state index in [1.807, 2.05) is 54.7 Å². The largest absolute Gasteiger partial charge is 0 e. The molecule has 0 saturated heterocycles. The van der Waals surface area contributed by atoms with E-state index in [2.05, 4.69) is 95.0 Å². The van der Waals surface area contributed by atoms with Crippen LogP contribution in [0.25, 0.3) is 53.8 Å². The molecule has 2 bridgehead atoms. The van der Waals surface area contributed by atoms with Crippen LogP contribution in [0, 0.1) is 29.9 Å². The Morgan fingerprint density at radius 2 is 1.59 bits per heavy atom. The van der Waals surface area contributed by atoms with Crippen molar-refractivity contribution in [2.75, 3.05) is 0 Å². The van der Waals surface area contributed by atoms with Crippen LogP contribution in [0.3, 0.4) is 0 Å². The number of rotatable bonds is 6. The Labute approximate surface area is 326 Å². The van der Waals surface area contributed by atoms with Crippen molar-refractivity contribution in [1.82, 2.24) is 9.97 Å². The average Bonchev–Trinajstić information content (AvgIpc) is 3.57. The third-order valence-electron chi connectivity index (χ3n) is 10.6. The van der Waals surface area contributed by atoms with Crippen LogP contribution in [0.1, 0.15) is 40.4 Å². The van der Waals surface area contributed by atoms with Crippen LogP contribution in [0.15, 0.2) is 122 Å². The average molecular weight is 924 g/mol. The first-order valence-electron chi connectivity index (χ1n) is 19.0. The summed E-state index contributed by atoms with van der Waals surface area (Å²) in [5, 5.41) is 2.46. The molecule has 51 heavy (non-hydrogen) atoms. The zero-order valence-corrected chi connectivity index (χ0v) is 34.8. The number of aromatic nitrogens is 2. The minimum atomic E-state index is -1.72. The van der Waals surface area contributed by atoms with E-state index in [0.717, 1.165) is 34.5 Å². The maximum Gasteiger partial charge on any atom is 0 e.